The summed E-state index contributed by atoms with van der Waals surface area (Å²) in [5.41, 5.74) is 0.571. The summed E-state index contributed by atoms with van der Waals surface area (Å²) < 4.78 is 5.16. The van der Waals surface area contributed by atoms with Crippen LogP contribution in [-0.2, 0) is 6.42 Å². The highest BCUT2D eigenvalue weighted by molar-refractivity contribution is 5.27. The molecule has 1 N–H and O–H groups in total. The van der Waals surface area contributed by atoms with Gasteiger partial charge in [-0.2, -0.15) is 0 Å². The van der Waals surface area contributed by atoms with Crippen molar-refractivity contribution < 1.29 is 9.84 Å². The van der Waals surface area contributed by atoms with E-state index in [1.807, 2.05) is 31.2 Å². The molecule has 0 heterocycles. The van der Waals surface area contributed by atoms with Crippen molar-refractivity contribution in [2.75, 3.05) is 7.11 Å². The molecule has 21 heavy (non-hydrogen) atoms. The van der Waals surface area contributed by atoms with Gasteiger partial charge in [-0.25, -0.2) is 0 Å². The molecule has 0 aliphatic rings. The fourth-order valence-electron chi connectivity index (χ4n) is 2.73. The van der Waals surface area contributed by atoms with Crippen LogP contribution >= 0.6 is 0 Å². The molecule has 0 aliphatic carbocycles. The van der Waals surface area contributed by atoms with Crippen LogP contribution in [0.25, 0.3) is 0 Å². The van der Waals surface area contributed by atoms with Crippen LogP contribution in [0.4, 0.5) is 0 Å². The number of aliphatic hydroxyl groups is 1. The Labute approximate surface area is 130 Å². The molecule has 2 heteroatoms. The van der Waals surface area contributed by atoms with E-state index >= 15 is 0 Å². The van der Waals surface area contributed by atoms with Gasteiger partial charge in [-0.1, -0.05) is 64.0 Å². The molecule has 0 bridgehead atoms. The fourth-order valence-corrected chi connectivity index (χ4v) is 2.73. The van der Waals surface area contributed by atoms with E-state index in [0.29, 0.717) is 6.42 Å². The van der Waals surface area contributed by atoms with Crippen LogP contribution < -0.4 is 4.74 Å². The minimum atomic E-state index is -0.599. The van der Waals surface area contributed by atoms with Crippen molar-refractivity contribution >= 4 is 0 Å². The van der Waals surface area contributed by atoms with Crippen LogP contribution in [0.3, 0.4) is 0 Å². The zero-order valence-corrected chi connectivity index (χ0v) is 14.0. The predicted octanol–water partition coefficient (Wildman–Crippen LogP) is 5.13. The second-order valence-electron chi connectivity index (χ2n) is 6.39. The summed E-state index contributed by atoms with van der Waals surface area (Å²) >= 11 is 0. The normalized spacial score (nSPS) is 13.9. The van der Waals surface area contributed by atoms with Crippen molar-refractivity contribution in [2.24, 2.45) is 0 Å². The Balaban J connectivity index is 2.22. The lowest BCUT2D eigenvalue weighted by Gasteiger charge is -2.23. The van der Waals surface area contributed by atoms with E-state index in [9.17, 15) is 5.11 Å². The quantitative estimate of drug-likeness (QED) is 0.573. The summed E-state index contributed by atoms with van der Waals surface area (Å²) in [6, 6.07) is 7.99. The Morgan fingerprint density at radius 2 is 1.52 bits per heavy atom. The summed E-state index contributed by atoms with van der Waals surface area (Å²) in [5, 5.41) is 10.5. The Morgan fingerprint density at radius 1 is 0.952 bits per heavy atom. The molecule has 1 aromatic rings. The van der Waals surface area contributed by atoms with E-state index in [0.717, 1.165) is 18.6 Å². The van der Waals surface area contributed by atoms with E-state index in [4.69, 9.17) is 4.74 Å². The Kier molecular flexibility index (Phi) is 8.44. The number of methoxy groups -OCH3 is 1. The number of rotatable bonds is 11. The van der Waals surface area contributed by atoms with Crippen molar-refractivity contribution in [1.29, 1.82) is 0 Å². The minimum Gasteiger partial charge on any atom is -0.497 e. The van der Waals surface area contributed by atoms with E-state index in [1.165, 1.54) is 44.1 Å². The smallest absolute Gasteiger partial charge is 0.118 e. The average molecular weight is 292 g/mol. The molecule has 1 rings (SSSR count). The lowest BCUT2D eigenvalue weighted by Crippen LogP contribution is -2.27. The van der Waals surface area contributed by atoms with Crippen LogP contribution in [0.5, 0.6) is 5.75 Å². The van der Waals surface area contributed by atoms with Crippen molar-refractivity contribution in [3.05, 3.63) is 29.8 Å². The molecule has 0 saturated heterocycles. The van der Waals surface area contributed by atoms with Gasteiger partial charge in [0.2, 0.25) is 0 Å². The molecule has 1 aromatic carbocycles. The molecule has 1 unspecified atom stereocenters. The second-order valence-corrected chi connectivity index (χ2v) is 6.39. The van der Waals surface area contributed by atoms with Gasteiger partial charge < -0.3 is 9.84 Å². The third-order valence-corrected chi connectivity index (χ3v) is 4.06. The lowest BCUT2D eigenvalue weighted by molar-refractivity contribution is 0.0484. The van der Waals surface area contributed by atoms with Gasteiger partial charge in [0, 0.05) is 6.42 Å². The number of benzene rings is 1. The molecular weight excluding hydrogens is 260 g/mol. The molecule has 0 fully saturated rings. The Morgan fingerprint density at radius 3 is 2.10 bits per heavy atom. The Bertz CT molecular complexity index is 368. The molecule has 0 aliphatic heterocycles. The minimum absolute atomic E-state index is 0.599. The SMILES string of the molecule is CCCCCCCCCC(C)(O)Cc1ccc(OC)cc1. The molecule has 2 nitrogen and oxygen atoms in total. The molecular formula is C19H32O2. The van der Waals surface area contributed by atoms with Crippen LogP contribution in [-0.4, -0.2) is 17.8 Å². The highest BCUT2D eigenvalue weighted by Crippen LogP contribution is 2.22. The van der Waals surface area contributed by atoms with E-state index in [2.05, 4.69) is 6.92 Å². The lowest BCUT2D eigenvalue weighted by atomic mass is 9.90. The summed E-state index contributed by atoms with van der Waals surface area (Å²) in [6.07, 6.45) is 10.6. The topological polar surface area (TPSA) is 29.5 Å². The van der Waals surface area contributed by atoms with Gasteiger partial charge in [-0.3, -0.25) is 0 Å². The first kappa shape index (κ1) is 18.0. The number of hydrogen-bond donors (Lipinski definition) is 1. The number of unbranched alkanes of at least 4 members (excludes halogenated alkanes) is 6. The first-order chi connectivity index (χ1) is 10.1. The largest absolute Gasteiger partial charge is 0.497 e. The number of ether oxygens (including phenoxy) is 1. The maximum absolute atomic E-state index is 10.5. The standard InChI is InChI=1S/C19H32O2/c1-4-5-6-7-8-9-10-15-19(2,20)16-17-11-13-18(21-3)14-12-17/h11-14,20H,4-10,15-16H2,1-3H3. The predicted molar refractivity (Wildman–Crippen MR) is 89.9 cm³/mol. The fraction of sp³-hybridized carbons (Fsp3) is 0.684. The summed E-state index contributed by atoms with van der Waals surface area (Å²) in [6.45, 7) is 4.20. The molecule has 1 atom stereocenters. The summed E-state index contributed by atoms with van der Waals surface area (Å²) in [7, 11) is 1.67. The first-order valence-corrected chi connectivity index (χ1v) is 8.43. The average Bonchev–Trinajstić information content (AvgIpc) is 2.46. The maximum atomic E-state index is 10.5. The molecule has 0 saturated carbocycles. The van der Waals surface area contributed by atoms with Gasteiger partial charge >= 0.3 is 0 Å². The van der Waals surface area contributed by atoms with Gasteiger partial charge in [0.05, 0.1) is 12.7 Å². The van der Waals surface area contributed by atoms with E-state index in [-0.39, 0.29) is 0 Å². The summed E-state index contributed by atoms with van der Waals surface area (Å²) in [5.74, 6) is 0.866. The molecule has 0 aromatic heterocycles. The third-order valence-electron chi connectivity index (χ3n) is 4.06. The third kappa shape index (κ3) is 8.11. The first-order valence-electron chi connectivity index (χ1n) is 8.43. The van der Waals surface area contributed by atoms with Crippen LogP contribution in [0.1, 0.15) is 70.8 Å². The highest BCUT2D eigenvalue weighted by Gasteiger charge is 2.20. The van der Waals surface area contributed by atoms with Crippen LogP contribution in [0, 0.1) is 0 Å². The van der Waals surface area contributed by atoms with E-state index in [1.54, 1.807) is 7.11 Å². The van der Waals surface area contributed by atoms with Crippen molar-refractivity contribution in [3.8, 4) is 5.75 Å². The van der Waals surface area contributed by atoms with Gasteiger partial charge in [0.25, 0.3) is 0 Å². The van der Waals surface area contributed by atoms with Crippen molar-refractivity contribution in [1.82, 2.24) is 0 Å². The van der Waals surface area contributed by atoms with Gasteiger partial charge in [-0.05, 0) is 31.0 Å². The molecule has 0 radical (unpaired) electrons. The van der Waals surface area contributed by atoms with Crippen LogP contribution in [0.15, 0.2) is 24.3 Å². The van der Waals surface area contributed by atoms with Crippen LogP contribution in [0.2, 0.25) is 0 Å². The highest BCUT2D eigenvalue weighted by atomic mass is 16.5. The zero-order valence-electron chi connectivity index (χ0n) is 14.0. The zero-order chi connectivity index (χ0) is 15.6. The summed E-state index contributed by atoms with van der Waals surface area (Å²) in [4.78, 5) is 0. The van der Waals surface area contributed by atoms with Gasteiger partial charge in [0.1, 0.15) is 5.75 Å². The van der Waals surface area contributed by atoms with Gasteiger partial charge in [0.15, 0.2) is 0 Å². The maximum Gasteiger partial charge on any atom is 0.118 e. The molecule has 120 valence electrons. The Hall–Kier alpha value is -1.02. The monoisotopic (exact) mass is 292 g/mol. The van der Waals surface area contributed by atoms with E-state index < -0.39 is 5.60 Å². The van der Waals surface area contributed by atoms with Crippen molar-refractivity contribution in [2.45, 2.75) is 77.2 Å². The van der Waals surface area contributed by atoms with Crippen molar-refractivity contribution in [3.63, 3.8) is 0 Å². The second kappa shape index (κ2) is 9.83. The van der Waals surface area contributed by atoms with Gasteiger partial charge in [-0.15, -0.1) is 0 Å². The molecule has 0 amide bonds. The molecule has 0 spiro atoms. The number of hydrogen-bond acceptors (Lipinski definition) is 2.